The van der Waals surface area contributed by atoms with Gasteiger partial charge in [-0.1, -0.05) is 11.8 Å². The Bertz CT molecular complexity index is 52.0. The van der Waals surface area contributed by atoms with Gasteiger partial charge in [-0.25, -0.2) is 0 Å². The van der Waals surface area contributed by atoms with Crippen molar-refractivity contribution in [2.75, 3.05) is 6.61 Å². The summed E-state index contributed by atoms with van der Waals surface area (Å²) in [6.45, 7) is 4.81. The molecule has 0 aliphatic carbocycles. The Kier molecular flexibility index (Phi) is 5.85. The van der Waals surface area contributed by atoms with E-state index in [-0.39, 0.29) is 0 Å². The molecule has 40 valence electrons. The second kappa shape index (κ2) is 5.92. The van der Waals surface area contributed by atoms with Gasteiger partial charge < -0.3 is 4.43 Å². The van der Waals surface area contributed by atoms with Gasteiger partial charge in [-0.05, 0) is 13.8 Å². The second-order valence-electron chi connectivity index (χ2n) is 1.05. The summed E-state index contributed by atoms with van der Waals surface area (Å²) >= 11 is 0. The monoisotopic (exact) mass is 114 g/mol. The molecule has 0 saturated heterocycles. The van der Waals surface area contributed by atoms with E-state index >= 15 is 0 Å². The molecule has 0 aromatic heterocycles. The molecular formula is C5H10OSi. The summed E-state index contributed by atoms with van der Waals surface area (Å²) in [5.74, 6) is 0. The summed E-state index contributed by atoms with van der Waals surface area (Å²) < 4.78 is 5.01. The zero-order valence-corrected chi connectivity index (χ0v) is 5.77. The van der Waals surface area contributed by atoms with Crippen LogP contribution < -0.4 is 0 Å². The van der Waals surface area contributed by atoms with Crippen LogP contribution >= 0.6 is 0 Å². The molecule has 0 amide bonds. The first-order valence-corrected chi connectivity index (χ1v) is 3.38. The molecule has 0 saturated carbocycles. The molecular weight excluding hydrogens is 104 g/mol. The van der Waals surface area contributed by atoms with Gasteiger partial charge in [0, 0.05) is 6.61 Å². The average Bonchev–Trinajstić information content (AvgIpc) is 1.69. The predicted molar refractivity (Wildman–Crippen MR) is 32.2 cm³/mol. The maximum absolute atomic E-state index is 5.01. The zero-order valence-electron chi connectivity index (χ0n) is 4.77. The minimum Gasteiger partial charge on any atom is -0.412 e. The van der Waals surface area contributed by atoms with Crippen molar-refractivity contribution >= 4 is 9.76 Å². The van der Waals surface area contributed by atoms with Gasteiger partial charge in [-0.15, -0.1) is 0 Å². The van der Waals surface area contributed by atoms with Gasteiger partial charge in [0.05, 0.1) is 0 Å². The fraction of sp³-hybridized carbons (Fsp3) is 0.600. The summed E-state index contributed by atoms with van der Waals surface area (Å²) in [5, 5.41) is 0. The van der Waals surface area contributed by atoms with Gasteiger partial charge in [-0.2, -0.15) is 0 Å². The van der Waals surface area contributed by atoms with Crippen LogP contribution in [0.2, 0.25) is 0 Å². The average molecular weight is 114 g/mol. The molecule has 0 heterocycles. The lowest BCUT2D eigenvalue weighted by atomic mass is 10.8. The Labute approximate surface area is 47.3 Å². The molecule has 0 fully saturated rings. The van der Waals surface area contributed by atoms with Gasteiger partial charge in [0.25, 0.3) is 9.76 Å². The van der Waals surface area contributed by atoms with Crippen LogP contribution in [-0.4, -0.2) is 16.4 Å². The quantitative estimate of drug-likeness (QED) is 0.395. The van der Waals surface area contributed by atoms with Crippen molar-refractivity contribution < 1.29 is 4.43 Å². The molecule has 0 bridgehead atoms. The lowest BCUT2D eigenvalue weighted by Crippen LogP contribution is -1.92. The van der Waals surface area contributed by atoms with E-state index in [1.165, 1.54) is 0 Å². The topological polar surface area (TPSA) is 9.23 Å². The standard InChI is InChI=1S/C5H10OSi/c1-3-5-7-6-4-2/h3,5H,4H2,1-2H3/b5-3+. The summed E-state index contributed by atoms with van der Waals surface area (Å²) in [4.78, 5) is 0. The summed E-state index contributed by atoms with van der Waals surface area (Å²) in [6, 6.07) is 0. The molecule has 0 aromatic rings. The van der Waals surface area contributed by atoms with Crippen molar-refractivity contribution in [1.29, 1.82) is 0 Å². The van der Waals surface area contributed by atoms with Crippen molar-refractivity contribution in [3.63, 3.8) is 0 Å². The fourth-order valence-electron chi connectivity index (χ4n) is 0.199. The summed E-state index contributed by atoms with van der Waals surface area (Å²) in [6.07, 6.45) is 1.99. The highest BCUT2D eigenvalue weighted by molar-refractivity contribution is 6.34. The third-order valence-electron chi connectivity index (χ3n) is 0.462. The Hall–Kier alpha value is -0.0831. The van der Waals surface area contributed by atoms with E-state index in [9.17, 15) is 0 Å². The van der Waals surface area contributed by atoms with Gasteiger partial charge in [-0.3, -0.25) is 0 Å². The SMILES string of the molecule is C/C=C/[Si]OCC. The van der Waals surface area contributed by atoms with Crippen LogP contribution in [0.25, 0.3) is 0 Å². The Morgan fingerprint density at radius 3 is 2.86 bits per heavy atom. The maximum Gasteiger partial charge on any atom is 0.260 e. The Balaban J connectivity index is 2.69. The van der Waals surface area contributed by atoms with Gasteiger partial charge in [0.2, 0.25) is 0 Å². The van der Waals surface area contributed by atoms with E-state index in [0.29, 0.717) is 9.76 Å². The number of allylic oxidation sites excluding steroid dienone is 1. The smallest absolute Gasteiger partial charge is 0.260 e. The first kappa shape index (κ1) is 6.92. The highest BCUT2D eigenvalue weighted by Crippen LogP contribution is 1.69. The molecule has 0 aliphatic heterocycles. The van der Waals surface area contributed by atoms with Crippen molar-refractivity contribution in [3.8, 4) is 0 Å². The molecule has 0 atom stereocenters. The second-order valence-corrected chi connectivity index (χ2v) is 1.91. The van der Waals surface area contributed by atoms with E-state index < -0.39 is 0 Å². The van der Waals surface area contributed by atoms with E-state index in [1.807, 2.05) is 25.6 Å². The van der Waals surface area contributed by atoms with Crippen molar-refractivity contribution in [2.24, 2.45) is 0 Å². The zero-order chi connectivity index (χ0) is 5.54. The lowest BCUT2D eigenvalue weighted by molar-refractivity contribution is 0.366. The third-order valence-corrected chi connectivity index (χ3v) is 1.39. The van der Waals surface area contributed by atoms with E-state index in [1.54, 1.807) is 0 Å². The van der Waals surface area contributed by atoms with Crippen LogP contribution in [-0.2, 0) is 4.43 Å². The Morgan fingerprint density at radius 1 is 1.71 bits per heavy atom. The van der Waals surface area contributed by atoms with Crippen LogP contribution in [0.15, 0.2) is 11.8 Å². The highest BCUT2D eigenvalue weighted by atomic mass is 28.2. The molecule has 0 spiro atoms. The van der Waals surface area contributed by atoms with E-state index in [0.717, 1.165) is 6.61 Å². The minimum absolute atomic E-state index is 0.552. The van der Waals surface area contributed by atoms with E-state index in [2.05, 4.69) is 0 Å². The molecule has 2 radical (unpaired) electrons. The van der Waals surface area contributed by atoms with Crippen LogP contribution in [0, 0.1) is 0 Å². The van der Waals surface area contributed by atoms with Crippen LogP contribution in [0.4, 0.5) is 0 Å². The third kappa shape index (κ3) is 5.92. The molecule has 2 heteroatoms. The van der Waals surface area contributed by atoms with Crippen molar-refractivity contribution in [1.82, 2.24) is 0 Å². The molecule has 0 aliphatic rings. The van der Waals surface area contributed by atoms with Gasteiger partial charge in [0.15, 0.2) is 0 Å². The summed E-state index contributed by atoms with van der Waals surface area (Å²) in [5.41, 5.74) is 2.02. The highest BCUT2D eigenvalue weighted by Gasteiger charge is 1.74. The summed E-state index contributed by atoms with van der Waals surface area (Å²) in [7, 11) is 0.552. The number of rotatable bonds is 3. The van der Waals surface area contributed by atoms with Crippen LogP contribution in [0.3, 0.4) is 0 Å². The number of hydrogen-bond donors (Lipinski definition) is 0. The molecule has 0 rings (SSSR count). The van der Waals surface area contributed by atoms with Crippen molar-refractivity contribution in [2.45, 2.75) is 13.8 Å². The normalized spacial score (nSPS) is 10.6. The minimum atomic E-state index is 0.552. The predicted octanol–water partition coefficient (Wildman–Crippen LogP) is 1.18. The molecule has 1 nitrogen and oxygen atoms in total. The first-order valence-electron chi connectivity index (χ1n) is 2.40. The van der Waals surface area contributed by atoms with Gasteiger partial charge in [0.1, 0.15) is 0 Å². The van der Waals surface area contributed by atoms with Crippen LogP contribution in [0.1, 0.15) is 13.8 Å². The molecule has 0 aromatic carbocycles. The van der Waals surface area contributed by atoms with Gasteiger partial charge >= 0.3 is 0 Å². The van der Waals surface area contributed by atoms with Crippen LogP contribution in [0.5, 0.6) is 0 Å². The fourth-order valence-corrected chi connectivity index (χ4v) is 0.598. The molecule has 7 heavy (non-hydrogen) atoms. The Morgan fingerprint density at radius 2 is 2.43 bits per heavy atom. The molecule has 0 N–H and O–H groups in total. The van der Waals surface area contributed by atoms with Crippen molar-refractivity contribution in [3.05, 3.63) is 11.8 Å². The number of hydrogen-bond acceptors (Lipinski definition) is 1. The lowest BCUT2D eigenvalue weighted by Gasteiger charge is -1.87. The largest absolute Gasteiger partial charge is 0.412 e. The first-order chi connectivity index (χ1) is 3.41. The maximum atomic E-state index is 5.01. The van der Waals surface area contributed by atoms with E-state index in [4.69, 9.17) is 4.43 Å². The molecule has 0 unspecified atom stereocenters.